The Hall–Kier alpha value is -1.14. The molecule has 1 aromatic rings. The van der Waals surface area contributed by atoms with Crippen LogP contribution in [0.4, 0.5) is 0 Å². The van der Waals surface area contributed by atoms with Crippen molar-refractivity contribution in [2.45, 2.75) is 38.0 Å². The summed E-state index contributed by atoms with van der Waals surface area (Å²) in [5.74, 6) is 0.173. The summed E-state index contributed by atoms with van der Waals surface area (Å²) in [6.45, 7) is 4.31. The molecule has 6 heteroatoms. The average Bonchev–Trinajstić information content (AvgIpc) is 3.09. The molecule has 2 aliphatic rings. The fourth-order valence-electron chi connectivity index (χ4n) is 3.18. The molecule has 5 nitrogen and oxygen atoms in total. The van der Waals surface area contributed by atoms with Crippen LogP contribution >= 0.6 is 12.4 Å². The van der Waals surface area contributed by atoms with Crippen molar-refractivity contribution in [3.05, 3.63) is 35.9 Å². The van der Waals surface area contributed by atoms with Crippen LogP contribution in [0.5, 0.6) is 0 Å². The molecule has 2 heterocycles. The van der Waals surface area contributed by atoms with E-state index in [0.717, 1.165) is 38.2 Å². The highest BCUT2D eigenvalue weighted by molar-refractivity contribution is 5.85. The summed E-state index contributed by atoms with van der Waals surface area (Å²) in [7, 11) is 0. The summed E-state index contributed by atoms with van der Waals surface area (Å²) in [6.07, 6.45) is 2.80. The first-order valence-corrected chi connectivity index (χ1v) is 8.55. The predicted octanol–water partition coefficient (Wildman–Crippen LogP) is 1.99. The molecule has 1 N–H and O–H groups in total. The molecular formula is C18H27ClN2O3. The number of rotatable bonds is 6. The molecule has 24 heavy (non-hydrogen) atoms. The van der Waals surface area contributed by atoms with Crippen LogP contribution in [-0.2, 0) is 20.8 Å². The van der Waals surface area contributed by atoms with Gasteiger partial charge in [0.1, 0.15) is 0 Å². The van der Waals surface area contributed by atoms with Gasteiger partial charge in [0.25, 0.3) is 0 Å². The second kappa shape index (κ2) is 9.99. The Morgan fingerprint density at radius 3 is 2.75 bits per heavy atom. The van der Waals surface area contributed by atoms with Crippen molar-refractivity contribution >= 4 is 18.3 Å². The van der Waals surface area contributed by atoms with E-state index < -0.39 is 0 Å². The third-order valence-electron chi connectivity index (χ3n) is 4.44. The van der Waals surface area contributed by atoms with Gasteiger partial charge in [0, 0.05) is 38.7 Å². The molecule has 1 aromatic carbocycles. The summed E-state index contributed by atoms with van der Waals surface area (Å²) in [5.41, 5.74) is 1.16. The van der Waals surface area contributed by atoms with Crippen LogP contribution in [0.1, 0.15) is 24.8 Å². The van der Waals surface area contributed by atoms with Crippen LogP contribution in [0.15, 0.2) is 30.3 Å². The van der Waals surface area contributed by atoms with Crippen LogP contribution in [-0.4, -0.2) is 55.9 Å². The van der Waals surface area contributed by atoms with Crippen LogP contribution in [0.3, 0.4) is 0 Å². The van der Waals surface area contributed by atoms with Gasteiger partial charge in [-0.2, -0.15) is 0 Å². The van der Waals surface area contributed by atoms with Crippen LogP contribution < -0.4 is 5.32 Å². The maximum atomic E-state index is 12.8. The van der Waals surface area contributed by atoms with Crippen molar-refractivity contribution in [2.24, 2.45) is 0 Å². The Labute approximate surface area is 150 Å². The SMILES string of the molecule is Cl.O=C(CC1COCCN1)N(Cc1ccccc1)CC1CCCO1. The minimum absolute atomic E-state index is 0. The van der Waals surface area contributed by atoms with Crippen LogP contribution in [0.2, 0.25) is 0 Å². The van der Waals surface area contributed by atoms with Crippen molar-refractivity contribution < 1.29 is 14.3 Å². The van der Waals surface area contributed by atoms with E-state index in [1.54, 1.807) is 0 Å². The van der Waals surface area contributed by atoms with E-state index in [9.17, 15) is 4.79 Å². The van der Waals surface area contributed by atoms with E-state index in [2.05, 4.69) is 17.4 Å². The predicted molar refractivity (Wildman–Crippen MR) is 95.3 cm³/mol. The van der Waals surface area contributed by atoms with Gasteiger partial charge in [-0.05, 0) is 18.4 Å². The maximum absolute atomic E-state index is 12.8. The van der Waals surface area contributed by atoms with Gasteiger partial charge >= 0.3 is 0 Å². The first-order chi connectivity index (χ1) is 11.3. The molecular weight excluding hydrogens is 328 g/mol. The number of nitrogens with one attached hydrogen (secondary N) is 1. The third-order valence-corrected chi connectivity index (χ3v) is 4.44. The monoisotopic (exact) mass is 354 g/mol. The summed E-state index contributed by atoms with van der Waals surface area (Å²) >= 11 is 0. The van der Waals surface area contributed by atoms with E-state index >= 15 is 0 Å². The maximum Gasteiger partial charge on any atom is 0.224 e. The number of carbonyl (C=O) groups excluding carboxylic acids is 1. The van der Waals surface area contributed by atoms with Gasteiger partial charge in [-0.3, -0.25) is 4.79 Å². The van der Waals surface area contributed by atoms with Crippen molar-refractivity contribution in [3.63, 3.8) is 0 Å². The minimum atomic E-state index is 0. The minimum Gasteiger partial charge on any atom is -0.378 e. The Morgan fingerprint density at radius 1 is 1.25 bits per heavy atom. The number of hydrogen-bond acceptors (Lipinski definition) is 4. The van der Waals surface area contributed by atoms with Crippen LogP contribution in [0.25, 0.3) is 0 Å². The molecule has 0 aromatic heterocycles. The van der Waals surface area contributed by atoms with Gasteiger partial charge in [0.05, 0.1) is 19.3 Å². The normalized spacial score (nSPS) is 23.5. The highest BCUT2D eigenvalue weighted by Gasteiger charge is 2.25. The van der Waals surface area contributed by atoms with Crippen molar-refractivity contribution in [1.29, 1.82) is 0 Å². The number of halogens is 1. The summed E-state index contributed by atoms with van der Waals surface area (Å²) in [4.78, 5) is 14.7. The number of carbonyl (C=O) groups is 1. The Balaban J connectivity index is 0.00000208. The summed E-state index contributed by atoms with van der Waals surface area (Å²) in [6, 6.07) is 10.3. The molecule has 0 aliphatic carbocycles. The molecule has 2 saturated heterocycles. The highest BCUT2D eigenvalue weighted by atomic mass is 35.5. The molecule has 134 valence electrons. The quantitative estimate of drug-likeness (QED) is 0.849. The summed E-state index contributed by atoms with van der Waals surface area (Å²) < 4.78 is 11.2. The Kier molecular flexibility index (Phi) is 7.99. The second-order valence-electron chi connectivity index (χ2n) is 6.32. The van der Waals surface area contributed by atoms with E-state index in [1.807, 2.05) is 23.1 Å². The van der Waals surface area contributed by atoms with E-state index in [1.165, 1.54) is 0 Å². The van der Waals surface area contributed by atoms with Gasteiger partial charge < -0.3 is 19.7 Å². The largest absolute Gasteiger partial charge is 0.378 e. The second-order valence-corrected chi connectivity index (χ2v) is 6.32. The van der Waals surface area contributed by atoms with Gasteiger partial charge in [-0.15, -0.1) is 12.4 Å². The molecule has 1 amide bonds. The average molecular weight is 355 g/mol. The number of benzene rings is 1. The molecule has 0 bridgehead atoms. The highest BCUT2D eigenvalue weighted by Crippen LogP contribution is 2.16. The molecule has 2 unspecified atom stereocenters. The topological polar surface area (TPSA) is 50.8 Å². The zero-order chi connectivity index (χ0) is 15.9. The van der Waals surface area contributed by atoms with Gasteiger partial charge in [0.15, 0.2) is 0 Å². The standard InChI is InChI=1S/C18H26N2O3.ClH/c21-18(11-16-14-22-10-8-19-16)20(13-17-7-4-9-23-17)12-15-5-2-1-3-6-15;/h1-3,5-6,16-17,19H,4,7-14H2;1H. The van der Waals surface area contributed by atoms with E-state index in [-0.39, 0.29) is 30.5 Å². The number of morpholine rings is 1. The Bertz CT molecular complexity index is 488. The molecule has 3 rings (SSSR count). The number of amides is 1. The molecule has 2 aliphatic heterocycles. The number of hydrogen-bond donors (Lipinski definition) is 1. The Morgan fingerprint density at radius 2 is 2.08 bits per heavy atom. The van der Waals surface area contributed by atoms with Crippen molar-refractivity contribution in [2.75, 3.05) is 32.9 Å². The fourth-order valence-corrected chi connectivity index (χ4v) is 3.18. The molecule has 0 radical (unpaired) electrons. The lowest BCUT2D eigenvalue weighted by molar-refractivity contribution is -0.134. The first-order valence-electron chi connectivity index (χ1n) is 8.55. The smallest absolute Gasteiger partial charge is 0.224 e. The molecule has 0 spiro atoms. The number of ether oxygens (including phenoxy) is 2. The lowest BCUT2D eigenvalue weighted by Crippen LogP contribution is -2.46. The van der Waals surface area contributed by atoms with Crippen molar-refractivity contribution in [1.82, 2.24) is 10.2 Å². The fraction of sp³-hybridized carbons (Fsp3) is 0.611. The third kappa shape index (κ3) is 5.74. The first kappa shape index (κ1) is 19.2. The lowest BCUT2D eigenvalue weighted by Gasteiger charge is -2.29. The number of nitrogens with zero attached hydrogens (tertiary/aromatic N) is 1. The molecule has 2 atom stereocenters. The van der Waals surface area contributed by atoms with E-state index in [0.29, 0.717) is 26.1 Å². The van der Waals surface area contributed by atoms with Crippen molar-refractivity contribution in [3.8, 4) is 0 Å². The van der Waals surface area contributed by atoms with Gasteiger partial charge in [-0.1, -0.05) is 30.3 Å². The molecule has 0 saturated carbocycles. The van der Waals surface area contributed by atoms with Gasteiger partial charge in [-0.25, -0.2) is 0 Å². The zero-order valence-electron chi connectivity index (χ0n) is 14.0. The van der Waals surface area contributed by atoms with Crippen LogP contribution in [0, 0.1) is 0 Å². The van der Waals surface area contributed by atoms with E-state index in [4.69, 9.17) is 9.47 Å². The lowest BCUT2D eigenvalue weighted by atomic mass is 10.1. The molecule has 2 fully saturated rings. The summed E-state index contributed by atoms with van der Waals surface area (Å²) in [5, 5.41) is 3.36. The zero-order valence-corrected chi connectivity index (χ0v) is 14.8. The van der Waals surface area contributed by atoms with Gasteiger partial charge in [0.2, 0.25) is 5.91 Å².